The highest BCUT2D eigenvalue weighted by Gasteiger charge is 2.31. The molecule has 18 heavy (non-hydrogen) atoms. The van der Waals surface area contributed by atoms with Gasteiger partial charge in [0.2, 0.25) is 0 Å². The summed E-state index contributed by atoms with van der Waals surface area (Å²) < 4.78 is 10.4. The minimum Gasteiger partial charge on any atom is -0.462 e. The van der Waals surface area contributed by atoms with Crippen LogP contribution in [0, 0.1) is 5.41 Å². The SMILES string of the molecule is CCC(C)(C)C(=O)OC1CCC(OC(N)=O)CC1. The van der Waals surface area contributed by atoms with Crippen LogP contribution in [0.2, 0.25) is 0 Å². The van der Waals surface area contributed by atoms with Crippen molar-refractivity contribution in [3.63, 3.8) is 0 Å². The summed E-state index contributed by atoms with van der Waals surface area (Å²) in [5.41, 5.74) is 4.54. The van der Waals surface area contributed by atoms with Gasteiger partial charge in [-0.05, 0) is 46.0 Å². The lowest BCUT2D eigenvalue weighted by molar-refractivity contribution is -0.162. The highest BCUT2D eigenvalue weighted by molar-refractivity contribution is 5.76. The van der Waals surface area contributed by atoms with E-state index in [1.54, 1.807) is 0 Å². The first-order valence-corrected chi connectivity index (χ1v) is 6.52. The first kappa shape index (κ1) is 14.8. The fraction of sp³-hybridized carbons (Fsp3) is 0.846. The van der Waals surface area contributed by atoms with Crippen LogP contribution in [0.1, 0.15) is 52.9 Å². The second-order valence-electron chi connectivity index (χ2n) is 5.48. The van der Waals surface area contributed by atoms with Crippen molar-refractivity contribution in [2.24, 2.45) is 11.1 Å². The molecular weight excluding hydrogens is 234 g/mol. The third-order valence-electron chi connectivity index (χ3n) is 3.61. The van der Waals surface area contributed by atoms with E-state index in [4.69, 9.17) is 15.2 Å². The number of primary amides is 1. The quantitative estimate of drug-likeness (QED) is 0.784. The van der Waals surface area contributed by atoms with Crippen molar-refractivity contribution in [2.45, 2.75) is 65.1 Å². The van der Waals surface area contributed by atoms with E-state index in [0.717, 1.165) is 19.3 Å². The Kier molecular flexibility index (Phi) is 4.99. The highest BCUT2D eigenvalue weighted by atomic mass is 16.6. The minimum absolute atomic E-state index is 0.0592. The maximum Gasteiger partial charge on any atom is 0.404 e. The molecule has 2 N–H and O–H groups in total. The second kappa shape index (κ2) is 6.07. The van der Waals surface area contributed by atoms with E-state index in [-0.39, 0.29) is 18.2 Å². The maximum atomic E-state index is 11.9. The fourth-order valence-corrected chi connectivity index (χ4v) is 1.89. The lowest BCUT2D eigenvalue weighted by Gasteiger charge is -2.30. The van der Waals surface area contributed by atoms with Gasteiger partial charge in [0.05, 0.1) is 5.41 Å². The molecule has 0 bridgehead atoms. The molecule has 0 aliphatic heterocycles. The molecule has 1 aliphatic rings. The largest absolute Gasteiger partial charge is 0.462 e. The van der Waals surface area contributed by atoms with Crippen molar-refractivity contribution in [1.29, 1.82) is 0 Å². The van der Waals surface area contributed by atoms with Gasteiger partial charge in [0.25, 0.3) is 0 Å². The van der Waals surface area contributed by atoms with Gasteiger partial charge in [-0.2, -0.15) is 0 Å². The van der Waals surface area contributed by atoms with Crippen LogP contribution in [0.25, 0.3) is 0 Å². The van der Waals surface area contributed by atoms with E-state index in [9.17, 15) is 9.59 Å². The average molecular weight is 257 g/mol. The van der Waals surface area contributed by atoms with E-state index in [1.165, 1.54) is 0 Å². The first-order chi connectivity index (χ1) is 8.35. The van der Waals surface area contributed by atoms with Gasteiger partial charge >= 0.3 is 12.1 Å². The maximum absolute atomic E-state index is 11.9. The third kappa shape index (κ3) is 4.20. The molecule has 5 nitrogen and oxygen atoms in total. The van der Waals surface area contributed by atoms with Gasteiger partial charge in [-0.1, -0.05) is 6.92 Å². The normalized spacial score (nSPS) is 24.4. The summed E-state index contributed by atoms with van der Waals surface area (Å²) in [7, 11) is 0. The van der Waals surface area contributed by atoms with Crippen molar-refractivity contribution in [2.75, 3.05) is 0 Å². The summed E-state index contributed by atoms with van der Waals surface area (Å²) in [4.78, 5) is 22.5. The number of hydrogen-bond donors (Lipinski definition) is 1. The van der Waals surface area contributed by atoms with Gasteiger partial charge in [-0.15, -0.1) is 0 Å². The zero-order valence-electron chi connectivity index (χ0n) is 11.4. The van der Waals surface area contributed by atoms with Gasteiger partial charge < -0.3 is 15.2 Å². The van der Waals surface area contributed by atoms with Crippen LogP contribution in [0.15, 0.2) is 0 Å². The summed E-state index contributed by atoms with van der Waals surface area (Å²) >= 11 is 0. The highest BCUT2D eigenvalue weighted by Crippen LogP contribution is 2.28. The van der Waals surface area contributed by atoms with Gasteiger partial charge in [0, 0.05) is 0 Å². The van der Waals surface area contributed by atoms with E-state index in [1.807, 2.05) is 20.8 Å². The zero-order chi connectivity index (χ0) is 13.8. The van der Waals surface area contributed by atoms with Gasteiger partial charge in [-0.3, -0.25) is 4.79 Å². The Balaban J connectivity index is 2.36. The third-order valence-corrected chi connectivity index (χ3v) is 3.61. The molecule has 1 saturated carbocycles. The Morgan fingerprint density at radius 2 is 1.56 bits per heavy atom. The first-order valence-electron chi connectivity index (χ1n) is 6.52. The van der Waals surface area contributed by atoms with Gasteiger partial charge in [-0.25, -0.2) is 4.79 Å². The Morgan fingerprint density at radius 1 is 1.11 bits per heavy atom. The molecule has 0 radical (unpaired) electrons. The van der Waals surface area contributed by atoms with E-state index in [2.05, 4.69) is 0 Å². The molecule has 1 rings (SSSR count). The average Bonchev–Trinajstić information content (AvgIpc) is 2.31. The monoisotopic (exact) mass is 257 g/mol. The molecule has 0 unspecified atom stereocenters. The van der Waals surface area contributed by atoms with Crippen molar-refractivity contribution in [1.82, 2.24) is 0 Å². The molecule has 0 saturated heterocycles. The molecular formula is C13H23NO4. The number of nitrogens with two attached hydrogens (primary N) is 1. The summed E-state index contributed by atoms with van der Waals surface area (Å²) in [6.07, 6.45) is 2.69. The Bertz CT molecular complexity index is 306. The summed E-state index contributed by atoms with van der Waals surface area (Å²) in [6.45, 7) is 5.74. The van der Waals surface area contributed by atoms with E-state index < -0.39 is 11.5 Å². The molecule has 1 amide bonds. The standard InChI is InChI=1S/C13H23NO4/c1-4-13(2,3)11(15)17-9-5-7-10(8-6-9)18-12(14)16/h9-10H,4-8H2,1-3H3,(H2,14,16). The molecule has 0 spiro atoms. The number of esters is 1. The predicted molar refractivity (Wildman–Crippen MR) is 66.9 cm³/mol. The predicted octanol–water partition coefficient (Wildman–Crippen LogP) is 2.37. The van der Waals surface area contributed by atoms with E-state index >= 15 is 0 Å². The molecule has 104 valence electrons. The van der Waals surface area contributed by atoms with Crippen LogP contribution in [0.3, 0.4) is 0 Å². The number of rotatable bonds is 4. The second-order valence-corrected chi connectivity index (χ2v) is 5.48. The lowest BCUT2D eigenvalue weighted by Crippen LogP contribution is -2.34. The number of hydrogen-bond acceptors (Lipinski definition) is 4. The smallest absolute Gasteiger partial charge is 0.404 e. The molecule has 5 heteroatoms. The van der Waals surface area contributed by atoms with Crippen LogP contribution < -0.4 is 5.73 Å². The Hall–Kier alpha value is -1.26. The van der Waals surface area contributed by atoms with Crippen LogP contribution in [-0.2, 0) is 14.3 Å². The Morgan fingerprint density at radius 3 is 1.94 bits per heavy atom. The molecule has 0 aromatic heterocycles. The van der Waals surface area contributed by atoms with Crippen molar-refractivity contribution in [3.05, 3.63) is 0 Å². The van der Waals surface area contributed by atoms with Crippen LogP contribution in [0.4, 0.5) is 4.79 Å². The molecule has 1 aliphatic carbocycles. The zero-order valence-corrected chi connectivity index (χ0v) is 11.4. The minimum atomic E-state index is -0.734. The summed E-state index contributed by atoms with van der Waals surface area (Å²) in [5, 5.41) is 0. The van der Waals surface area contributed by atoms with Gasteiger partial charge in [0.15, 0.2) is 0 Å². The number of ether oxygens (including phenoxy) is 2. The summed E-state index contributed by atoms with van der Waals surface area (Å²) in [6, 6.07) is 0. The molecule has 1 fully saturated rings. The number of amides is 1. The van der Waals surface area contributed by atoms with Crippen molar-refractivity contribution >= 4 is 12.1 Å². The van der Waals surface area contributed by atoms with Crippen LogP contribution in [0.5, 0.6) is 0 Å². The lowest BCUT2D eigenvalue weighted by atomic mass is 9.90. The Labute approximate surface area is 108 Å². The van der Waals surface area contributed by atoms with Gasteiger partial charge in [0.1, 0.15) is 12.2 Å². The molecule has 0 heterocycles. The number of carbonyl (C=O) groups excluding carboxylic acids is 2. The van der Waals surface area contributed by atoms with E-state index in [0.29, 0.717) is 12.8 Å². The van der Waals surface area contributed by atoms with Crippen molar-refractivity contribution in [3.8, 4) is 0 Å². The fourth-order valence-electron chi connectivity index (χ4n) is 1.89. The van der Waals surface area contributed by atoms with Crippen LogP contribution >= 0.6 is 0 Å². The molecule has 0 atom stereocenters. The number of carbonyl (C=O) groups is 2. The molecule has 0 aromatic rings. The summed E-state index contributed by atoms with van der Waals surface area (Å²) in [5.74, 6) is -0.149. The van der Waals surface area contributed by atoms with Crippen LogP contribution in [-0.4, -0.2) is 24.3 Å². The topological polar surface area (TPSA) is 78.6 Å². The molecule has 0 aromatic carbocycles. The van der Waals surface area contributed by atoms with Crippen molar-refractivity contribution < 1.29 is 19.1 Å².